The summed E-state index contributed by atoms with van der Waals surface area (Å²) in [6.07, 6.45) is 5.95. The average molecular weight is 187 g/mol. The molecule has 3 heterocycles. The highest BCUT2D eigenvalue weighted by Gasteiger charge is 2.17. The zero-order valence-electron chi connectivity index (χ0n) is 7.98. The molecule has 3 rings (SSSR count). The molecule has 0 aromatic carbocycles. The van der Waals surface area contributed by atoms with Crippen molar-refractivity contribution in [2.24, 2.45) is 5.92 Å². The SMILES string of the molecule is c1cc2ccn(CC3CNC3)c2cn1. The Morgan fingerprint density at radius 3 is 3.14 bits per heavy atom. The number of aromatic nitrogens is 2. The standard InChI is InChI=1S/C11H13N3/c1-3-12-7-11-10(1)2-4-14(11)8-9-5-13-6-9/h1-4,7,9,13H,5-6,8H2. The molecule has 1 saturated heterocycles. The second-order valence-corrected chi connectivity index (χ2v) is 3.93. The largest absolute Gasteiger partial charge is 0.346 e. The molecule has 0 aliphatic carbocycles. The molecule has 1 fully saturated rings. The van der Waals surface area contributed by atoms with E-state index in [1.165, 1.54) is 10.9 Å². The van der Waals surface area contributed by atoms with Crippen LogP contribution in [-0.2, 0) is 6.54 Å². The van der Waals surface area contributed by atoms with Gasteiger partial charge in [-0.3, -0.25) is 4.98 Å². The van der Waals surface area contributed by atoms with Gasteiger partial charge < -0.3 is 9.88 Å². The van der Waals surface area contributed by atoms with Crippen molar-refractivity contribution in [3.8, 4) is 0 Å². The lowest BCUT2D eigenvalue weighted by Gasteiger charge is -2.27. The molecule has 0 atom stereocenters. The van der Waals surface area contributed by atoms with Crippen LogP contribution in [0.3, 0.4) is 0 Å². The molecule has 0 bridgehead atoms. The first-order chi connectivity index (χ1) is 6.93. The van der Waals surface area contributed by atoms with E-state index in [0.717, 1.165) is 25.6 Å². The summed E-state index contributed by atoms with van der Waals surface area (Å²) in [6.45, 7) is 3.42. The van der Waals surface area contributed by atoms with E-state index in [2.05, 4.69) is 33.2 Å². The maximum atomic E-state index is 4.16. The van der Waals surface area contributed by atoms with Crippen molar-refractivity contribution in [2.75, 3.05) is 13.1 Å². The van der Waals surface area contributed by atoms with E-state index in [4.69, 9.17) is 0 Å². The van der Waals surface area contributed by atoms with Crippen LogP contribution < -0.4 is 5.32 Å². The van der Waals surface area contributed by atoms with E-state index in [1.54, 1.807) is 0 Å². The van der Waals surface area contributed by atoms with Gasteiger partial charge in [0.2, 0.25) is 0 Å². The summed E-state index contributed by atoms with van der Waals surface area (Å²) in [4.78, 5) is 4.16. The summed E-state index contributed by atoms with van der Waals surface area (Å²) < 4.78 is 2.30. The number of nitrogens with one attached hydrogen (secondary N) is 1. The summed E-state index contributed by atoms with van der Waals surface area (Å²) in [5.41, 5.74) is 1.25. The smallest absolute Gasteiger partial charge is 0.0666 e. The minimum Gasteiger partial charge on any atom is -0.346 e. The molecule has 14 heavy (non-hydrogen) atoms. The van der Waals surface area contributed by atoms with Gasteiger partial charge in [-0.05, 0) is 12.1 Å². The van der Waals surface area contributed by atoms with Gasteiger partial charge in [0.25, 0.3) is 0 Å². The van der Waals surface area contributed by atoms with Gasteiger partial charge in [-0.1, -0.05) is 0 Å². The van der Waals surface area contributed by atoms with E-state index < -0.39 is 0 Å². The molecule has 0 spiro atoms. The molecule has 2 aromatic rings. The molecule has 1 aliphatic rings. The van der Waals surface area contributed by atoms with E-state index in [0.29, 0.717) is 0 Å². The predicted octanol–water partition coefficient (Wildman–Crippen LogP) is 1.26. The van der Waals surface area contributed by atoms with Gasteiger partial charge in [0, 0.05) is 43.3 Å². The number of hydrogen-bond donors (Lipinski definition) is 1. The number of pyridine rings is 1. The highest BCUT2D eigenvalue weighted by Crippen LogP contribution is 2.16. The summed E-state index contributed by atoms with van der Waals surface area (Å²) in [7, 11) is 0. The van der Waals surface area contributed by atoms with Gasteiger partial charge in [-0.15, -0.1) is 0 Å². The van der Waals surface area contributed by atoms with Crippen molar-refractivity contribution in [3.63, 3.8) is 0 Å². The molecule has 2 aromatic heterocycles. The third-order valence-corrected chi connectivity index (χ3v) is 2.90. The van der Waals surface area contributed by atoms with E-state index in [-0.39, 0.29) is 0 Å². The molecular formula is C11H13N3. The van der Waals surface area contributed by atoms with Crippen molar-refractivity contribution in [1.82, 2.24) is 14.9 Å². The maximum absolute atomic E-state index is 4.16. The van der Waals surface area contributed by atoms with Gasteiger partial charge in [0.05, 0.1) is 11.7 Å². The molecule has 1 aliphatic heterocycles. The van der Waals surface area contributed by atoms with Crippen LogP contribution in [0.25, 0.3) is 10.9 Å². The first kappa shape index (κ1) is 8.00. The Bertz CT molecular complexity index is 442. The number of hydrogen-bond acceptors (Lipinski definition) is 2. The first-order valence-electron chi connectivity index (χ1n) is 5.03. The molecule has 1 N–H and O–H groups in total. The van der Waals surface area contributed by atoms with Crippen LogP contribution in [0, 0.1) is 5.92 Å². The Balaban J connectivity index is 1.95. The van der Waals surface area contributed by atoms with Crippen molar-refractivity contribution in [2.45, 2.75) is 6.54 Å². The second-order valence-electron chi connectivity index (χ2n) is 3.93. The number of rotatable bonds is 2. The second kappa shape index (κ2) is 3.10. The summed E-state index contributed by atoms with van der Waals surface area (Å²) in [5, 5.41) is 4.58. The van der Waals surface area contributed by atoms with Crippen LogP contribution in [0.15, 0.2) is 30.7 Å². The lowest BCUT2D eigenvalue weighted by Crippen LogP contribution is -2.44. The van der Waals surface area contributed by atoms with Crippen LogP contribution in [0.1, 0.15) is 0 Å². The van der Waals surface area contributed by atoms with Gasteiger partial charge in [-0.25, -0.2) is 0 Å². The quantitative estimate of drug-likeness (QED) is 0.767. The summed E-state index contributed by atoms with van der Waals surface area (Å²) in [6, 6.07) is 4.22. The Morgan fingerprint density at radius 1 is 1.43 bits per heavy atom. The minimum atomic E-state index is 0.797. The van der Waals surface area contributed by atoms with E-state index in [9.17, 15) is 0 Å². The first-order valence-corrected chi connectivity index (χ1v) is 5.03. The van der Waals surface area contributed by atoms with Gasteiger partial charge in [-0.2, -0.15) is 0 Å². The van der Waals surface area contributed by atoms with E-state index in [1.807, 2.05) is 12.4 Å². The van der Waals surface area contributed by atoms with Crippen LogP contribution in [0.5, 0.6) is 0 Å². The number of fused-ring (bicyclic) bond motifs is 1. The monoisotopic (exact) mass is 187 g/mol. The molecule has 0 amide bonds. The summed E-state index contributed by atoms with van der Waals surface area (Å²) in [5.74, 6) is 0.797. The molecule has 3 nitrogen and oxygen atoms in total. The zero-order valence-corrected chi connectivity index (χ0v) is 7.98. The molecule has 3 heteroatoms. The fraction of sp³-hybridized carbons (Fsp3) is 0.364. The lowest BCUT2D eigenvalue weighted by atomic mass is 10.0. The molecule has 0 saturated carbocycles. The zero-order chi connectivity index (χ0) is 9.38. The van der Waals surface area contributed by atoms with Crippen molar-refractivity contribution < 1.29 is 0 Å². The van der Waals surface area contributed by atoms with Gasteiger partial charge in [0.15, 0.2) is 0 Å². The molecule has 72 valence electrons. The fourth-order valence-electron chi connectivity index (χ4n) is 1.94. The topological polar surface area (TPSA) is 29.9 Å². The van der Waals surface area contributed by atoms with Gasteiger partial charge >= 0.3 is 0 Å². The van der Waals surface area contributed by atoms with Crippen molar-refractivity contribution in [1.29, 1.82) is 0 Å². The summed E-state index contributed by atoms with van der Waals surface area (Å²) >= 11 is 0. The maximum Gasteiger partial charge on any atom is 0.0666 e. The minimum absolute atomic E-state index is 0.797. The third kappa shape index (κ3) is 1.21. The fourth-order valence-corrected chi connectivity index (χ4v) is 1.94. The Morgan fingerprint density at radius 2 is 2.36 bits per heavy atom. The Labute approximate surface area is 82.8 Å². The van der Waals surface area contributed by atoms with Crippen LogP contribution in [0.2, 0.25) is 0 Å². The van der Waals surface area contributed by atoms with Crippen LogP contribution in [-0.4, -0.2) is 22.6 Å². The highest BCUT2D eigenvalue weighted by molar-refractivity contribution is 5.78. The van der Waals surface area contributed by atoms with Gasteiger partial charge in [0.1, 0.15) is 0 Å². The highest BCUT2D eigenvalue weighted by atomic mass is 15.0. The van der Waals surface area contributed by atoms with Crippen molar-refractivity contribution >= 4 is 10.9 Å². The molecule has 0 radical (unpaired) electrons. The number of nitrogens with zero attached hydrogens (tertiary/aromatic N) is 2. The molecular weight excluding hydrogens is 174 g/mol. The molecule has 0 unspecified atom stereocenters. The van der Waals surface area contributed by atoms with Crippen LogP contribution >= 0.6 is 0 Å². The predicted molar refractivity (Wildman–Crippen MR) is 56.1 cm³/mol. The Hall–Kier alpha value is -1.35. The third-order valence-electron chi connectivity index (χ3n) is 2.90. The Kier molecular flexibility index (Phi) is 1.77. The van der Waals surface area contributed by atoms with Crippen molar-refractivity contribution in [3.05, 3.63) is 30.7 Å². The normalized spacial score (nSPS) is 17.1. The lowest BCUT2D eigenvalue weighted by molar-refractivity contribution is 0.310. The average Bonchev–Trinajstić information content (AvgIpc) is 2.55. The van der Waals surface area contributed by atoms with E-state index >= 15 is 0 Å². The van der Waals surface area contributed by atoms with Crippen LogP contribution in [0.4, 0.5) is 0 Å².